The van der Waals surface area contributed by atoms with Gasteiger partial charge in [0.2, 0.25) is 5.91 Å². The van der Waals surface area contributed by atoms with Gasteiger partial charge in [-0.05, 0) is 0 Å². The highest BCUT2D eigenvalue weighted by molar-refractivity contribution is 5.76. The molecule has 1 rings (SSSR count). The number of hydrogen-bond acceptors (Lipinski definition) is 3. The van der Waals surface area contributed by atoms with E-state index in [2.05, 4.69) is 0 Å². The molecule has 0 aromatic carbocycles. The molecule has 0 saturated carbocycles. The van der Waals surface area contributed by atoms with Gasteiger partial charge in [-0.2, -0.15) is 13.2 Å². The smallest absolute Gasteiger partial charge is 0.379 e. The number of carbonyl (C=O) groups is 1. The summed E-state index contributed by atoms with van der Waals surface area (Å²) in [5, 5.41) is 9.27. The van der Waals surface area contributed by atoms with E-state index in [-0.39, 0.29) is 19.5 Å². The van der Waals surface area contributed by atoms with E-state index >= 15 is 0 Å². The Morgan fingerprint density at radius 1 is 1.53 bits per heavy atom. The van der Waals surface area contributed by atoms with Crippen LogP contribution < -0.4 is 5.73 Å². The Morgan fingerprint density at radius 2 is 2.13 bits per heavy atom. The molecule has 1 saturated heterocycles. The van der Waals surface area contributed by atoms with Gasteiger partial charge in [-0.25, -0.2) is 0 Å². The molecule has 0 aromatic heterocycles. The summed E-state index contributed by atoms with van der Waals surface area (Å²) in [4.78, 5) is 12.2. The number of amides is 1. The maximum atomic E-state index is 12.4. The number of nitrogens with zero attached hydrogens (tertiary/aromatic N) is 1. The SMILES string of the molecule is NCCC(=O)N1CC[C@@](O)(C(F)(F)F)C1. The number of halogens is 3. The molecule has 4 nitrogen and oxygen atoms in total. The minimum absolute atomic E-state index is 0.00787. The third kappa shape index (κ3) is 2.40. The fourth-order valence-electron chi connectivity index (χ4n) is 1.52. The van der Waals surface area contributed by atoms with Gasteiger partial charge in [0, 0.05) is 25.9 Å². The van der Waals surface area contributed by atoms with E-state index in [1.54, 1.807) is 0 Å². The van der Waals surface area contributed by atoms with Crippen LogP contribution in [0.2, 0.25) is 0 Å². The summed E-state index contributed by atoms with van der Waals surface area (Å²) >= 11 is 0. The van der Waals surface area contributed by atoms with Crippen molar-refractivity contribution >= 4 is 5.91 Å². The van der Waals surface area contributed by atoms with E-state index < -0.39 is 30.7 Å². The van der Waals surface area contributed by atoms with Crippen molar-refractivity contribution in [2.45, 2.75) is 24.6 Å². The minimum Gasteiger partial charge on any atom is -0.379 e. The maximum Gasteiger partial charge on any atom is 0.419 e. The van der Waals surface area contributed by atoms with E-state index in [0.29, 0.717) is 0 Å². The lowest BCUT2D eigenvalue weighted by Crippen LogP contribution is -2.48. The number of β-amino-alcohol motifs (C(OH)–C–C–N with tert-alkyl or cyclic N) is 1. The molecule has 7 heteroatoms. The maximum absolute atomic E-state index is 12.4. The van der Waals surface area contributed by atoms with Crippen molar-refractivity contribution in [1.29, 1.82) is 0 Å². The quantitative estimate of drug-likeness (QED) is 0.688. The summed E-state index contributed by atoms with van der Waals surface area (Å²) in [6.45, 7) is -0.663. The minimum atomic E-state index is -4.69. The summed E-state index contributed by atoms with van der Waals surface area (Å²) in [5.41, 5.74) is 2.37. The molecule has 1 aliphatic rings. The zero-order valence-electron chi connectivity index (χ0n) is 8.05. The lowest BCUT2D eigenvalue weighted by atomic mass is 10.0. The molecule has 1 fully saturated rings. The first-order valence-electron chi connectivity index (χ1n) is 4.57. The molecular weight excluding hydrogens is 213 g/mol. The number of hydrogen-bond donors (Lipinski definition) is 2. The molecule has 1 atom stereocenters. The van der Waals surface area contributed by atoms with Crippen molar-refractivity contribution < 1.29 is 23.1 Å². The molecule has 0 aromatic rings. The Balaban J connectivity index is 2.63. The number of alkyl halides is 3. The van der Waals surface area contributed by atoms with E-state index in [1.807, 2.05) is 0 Å². The van der Waals surface area contributed by atoms with Gasteiger partial charge in [0.1, 0.15) is 0 Å². The van der Waals surface area contributed by atoms with Crippen LogP contribution in [0.4, 0.5) is 13.2 Å². The van der Waals surface area contributed by atoms with Crippen molar-refractivity contribution in [2.75, 3.05) is 19.6 Å². The Bertz CT molecular complexity index is 257. The Hall–Kier alpha value is -0.820. The summed E-state index contributed by atoms with van der Waals surface area (Å²) in [6.07, 6.45) is -5.15. The van der Waals surface area contributed by atoms with Crippen LogP contribution in [0.3, 0.4) is 0 Å². The fourth-order valence-corrected chi connectivity index (χ4v) is 1.52. The highest BCUT2D eigenvalue weighted by Gasteiger charge is 2.57. The number of nitrogens with two attached hydrogens (primary N) is 1. The van der Waals surface area contributed by atoms with Crippen molar-refractivity contribution in [1.82, 2.24) is 4.90 Å². The first kappa shape index (κ1) is 12.3. The first-order valence-corrected chi connectivity index (χ1v) is 4.57. The van der Waals surface area contributed by atoms with E-state index in [0.717, 1.165) is 4.90 Å². The molecular formula is C8H13F3N2O2. The zero-order valence-corrected chi connectivity index (χ0v) is 8.05. The molecule has 1 amide bonds. The first-order chi connectivity index (χ1) is 6.80. The fraction of sp³-hybridized carbons (Fsp3) is 0.875. The third-order valence-corrected chi connectivity index (χ3v) is 2.49. The van der Waals surface area contributed by atoms with Gasteiger partial charge in [0.15, 0.2) is 5.60 Å². The second kappa shape index (κ2) is 3.97. The van der Waals surface area contributed by atoms with Crippen LogP contribution in [0, 0.1) is 0 Å². The molecule has 3 N–H and O–H groups in total. The molecule has 0 radical (unpaired) electrons. The Morgan fingerprint density at radius 3 is 2.53 bits per heavy atom. The monoisotopic (exact) mass is 226 g/mol. The zero-order chi connectivity index (χ0) is 11.7. The molecule has 88 valence electrons. The number of likely N-dealkylation sites (tertiary alicyclic amines) is 1. The molecule has 15 heavy (non-hydrogen) atoms. The van der Waals surface area contributed by atoms with E-state index in [4.69, 9.17) is 5.73 Å². The van der Waals surface area contributed by atoms with Gasteiger partial charge in [0.05, 0.1) is 6.54 Å². The van der Waals surface area contributed by atoms with Crippen molar-refractivity contribution in [3.8, 4) is 0 Å². The van der Waals surface area contributed by atoms with Crippen LogP contribution in [0.5, 0.6) is 0 Å². The van der Waals surface area contributed by atoms with Crippen LogP contribution in [-0.4, -0.2) is 47.3 Å². The third-order valence-electron chi connectivity index (χ3n) is 2.49. The summed E-state index contributed by atoms with van der Waals surface area (Å²) < 4.78 is 37.1. The largest absolute Gasteiger partial charge is 0.419 e. The number of carbonyl (C=O) groups excluding carboxylic acids is 1. The van der Waals surface area contributed by atoms with Crippen molar-refractivity contribution in [3.05, 3.63) is 0 Å². The molecule has 1 heterocycles. The normalized spacial score (nSPS) is 27.1. The molecule has 0 spiro atoms. The van der Waals surface area contributed by atoms with Gasteiger partial charge in [-0.3, -0.25) is 4.79 Å². The molecule has 0 unspecified atom stereocenters. The topological polar surface area (TPSA) is 66.6 Å². The van der Waals surface area contributed by atoms with Crippen LogP contribution in [0.1, 0.15) is 12.8 Å². The van der Waals surface area contributed by atoms with Gasteiger partial charge in [-0.15, -0.1) is 0 Å². The second-order valence-corrected chi connectivity index (χ2v) is 3.63. The van der Waals surface area contributed by atoms with Crippen LogP contribution in [-0.2, 0) is 4.79 Å². The highest BCUT2D eigenvalue weighted by Crippen LogP contribution is 2.37. The van der Waals surface area contributed by atoms with Gasteiger partial charge < -0.3 is 15.7 Å². The van der Waals surface area contributed by atoms with Crippen LogP contribution in [0.25, 0.3) is 0 Å². The average molecular weight is 226 g/mol. The Kier molecular flexibility index (Phi) is 3.25. The predicted molar refractivity (Wildman–Crippen MR) is 45.9 cm³/mol. The average Bonchev–Trinajstić information content (AvgIpc) is 2.48. The molecule has 0 aliphatic carbocycles. The van der Waals surface area contributed by atoms with Crippen molar-refractivity contribution in [3.63, 3.8) is 0 Å². The van der Waals surface area contributed by atoms with E-state index in [1.165, 1.54) is 0 Å². The molecule has 0 bridgehead atoms. The van der Waals surface area contributed by atoms with E-state index in [9.17, 15) is 23.1 Å². The second-order valence-electron chi connectivity index (χ2n) is 3.63. The van der Waals surface area contributed by atoms with Crippen LogP contribution >= 0.6 is 0 Å². The van der Waals surface area contributed by atoms with Crippen molar-refractivity contribution in [2.24, 2.45) is 5.73 Å². The summed E-state index contributed by atoms with van der Waals surface area (Å²) in [7, 11) is 0. The lowest BCUT2D eigenvalue weighted by Gasteiger charge is -2.25. The van der Waals surface area contributed by atoms with Gasteiger partial charge in [-0.1, -0.05) is 0 Å². The summed E-state index contributed by atoms with van der Waals surface area (Å²) in [6, 6.07) is 0. The summed E-state index contributed by atoms with van der Waals surface area (Å²) in [5.74, 6) is -0.447. The lowest BCUT2D eigenvalue weighted by molar-refractivity contribution is -0.253. The standard InChI is InChI=1S/C8H13F3N2O2/c9-8(10,11)7(15)2-4-13(5-7)6(14)1-3-12/h15H,1-5,12H2/t7-/m0/s1. The highest BCUT2D eigenvalue weighted by atomic mass is 19.4. The molecule has 1 aliphatic heterocycles. The van der Waals surface area contributed by atoms with Gasteiger partial charge >= 0.3 is 6.18 Å². The number of aliphatic hydroxyl groups is 1. The predicted octanol–water partition coefficient (Wildman–Crippen LogP) is -0.139. The van der Waals surface area contributed by atoms with Crippen LogP contribution in [0.15, 0.2) is 0 Å². The van der Waals surface area contributed by atoms with Gasteiger partial charge in [0.25, 0.3) is 0 Å². The Labute approximate surface area is 84.8 Å². The number of rotatable bonds is 2.